The van der Waals surface area contributed by atoms with Crippen LogP contribution >= 0.6 is 0 Å². The smallest absolute Gasteiger partial charge is 0.341 e. The fourth-order valence-electron chi connectivity index (χ4n) is 3.20. The molecule has 1 unspecified atom stereocenters. The van der Waals surface area contributed by atoms with Gasteiger partial charge in [0.1, 0.15) is 5.82 Å². The Morgan fingerprint density at radius 3 is 2.84 bits per heavy atom. The summed E-state index contributed by atoms with van der Waals surface area (Å²) in [6, 6.07) is 7.08. The molecule has 0 saturated heterocycles. The van der Waals surface area contributed by atoms with Gasteiger partial charge in [-0.05, 0) is 37.1 Å². The minimum atomic E-state index is -4.40. The van der Waals surface area contributed by atoms with E-state index < -0.39 is 11.7 Å². The first-order valence-corrected chi connectivity index (χ1v) is 8.39. The number of fused-ring (bicyclic) bond motifs is 2. The topological polar surface area (TPSA) is 58.6 Å². The maximum Gasteiger partial charge on any atom is 0.416 e. The normalized spacial score (nSPS) is 17.6. The fourth-order valence-corrected chi connectivity index (χ4v) is 3.66. The van der Waals surface area contributed by atoms with E-state index in [2.05, 4.69) is 15.0 Å². The van der Waals surface area contributed by atoms with E-state index in [-0.39, 0.29) is 5.92 Å². The fraction of sp³-hybridized carbons (Fsp3) is 0.235. The van der Waals surface area contributed by atoms with E-state index >= 15 is 0 Å². The number of benzene rings is 1. The number of nitrogens with one attached hydrogen (secondary N) is 1. The van der Waals surface area contributed by atoms with Crippen LogP contribution in [0.15, 0.2) is 36.5 Å². The Hall–Kier alpha value is -2.48. The molecule has 1 atom stereocenters. The number of halogens is 3. The largest absolute Gasteiger partial charge is 0.416 e. The minimum Gasteiger partial charge on any atom is -0.341 e. The molecule has 2 heterocycles. The van der Waals surface area contributed by atoms with Crippen LogP contribution in [0.1, 0.15) is 41.4 Å². The van der Waals surface area contributed by atoms with Crippen LogP contribution in [0.2, 0.25) is 0 Å². The van der Waals surface area contributed by atoms with E-state index in [4.69, 9.17) is 0 Å². The first-order valence-electron chi connectivity index (χ1n) is 7.65. The van der Waals surface area contributed by atoms with Crippen molar-refractivity contribution in [3.05, 3.63) is 59.2 Å². The number of aromatic nitrogens is 3. The average Bonchev–Trinajstić information content (AvgIpc) is 3.03. The number of H-pyrrole nitrogens is 1. The summed E-state index contributed by atoms with van der Waals surface area (Å²) in [5, 5.41) is 0. The van der Waals surface area contributed by atoms with Gasteiger partial charge in [-0.2, -0.15) is 13.2 Å². The quantitative estimate of drug-likeness (QED) is 0.672. The molecule has 8 heteroatoms. The van der Waals surface area contributed by atoms with E-state index in [0.717, 1.165) is 28.3 Å². The van der Waals surface area contributed by atoms with Gasteiger partial charge in [-0.3, -0.25) is 4.98 Å². The zero-order valence-electron chi connectivity index (χ0n) is 12.8. The third-order valence-electron chi connectivity index (χ3n) is 4.39. The van der Waals surface area contributed by atoms with Crippen LogP contribution in [0.4, 0.5) is 13.2 Å². The first-order chi connectivity index (χ1) is 12.0. The van der Waals surface area contributed by atoms with E-state index in [9.17, 15) is 17.4 Å². The molecule has 0 spiro atoms. The van der Waals surface area contributed by atoms with Crippen molar-refractivity contribution in [2.45, 2.75) is 24.9 Å². The second-order valence-electron chi connectivity index (χ2n) is 5.89. The van der Waals surface area contributed by atoms with Crippen molar-refractivity contribution in [3.63, 3.8) is 0 Å². The summed E-state index contributed by atoms with van der Waals surface area (Å²) < 4.78 is 49.9. The molecule has 128 valence electrons. The minimum absolute atomic E-state index is 0.172. The Morgan fingerprint density at radius 1 is 1.24 bits per heavy atom. The van der Waals surface area contributed by atoms with Crippen molar-refractivity contribution in [2.24, 2.45) is 0 Å². The molecule has 2 aromatic heterocycles. The maximum atomic E-state index is 12.9. The average molecular weight is 363 g/mol. The Morgan fingerprint density at radius 2 is 2.08 bits per heavy atom. The van der Waals surface area contributed by atoms with Crippen molar-refractivity contribution in [3.8, 4) is 0 Å². The van der Waals surface area contributed by atoms with E-state index in [1.807, 2.05) is 6.07 Å². The second-order valence-corrected chi connectivity index (χ2v) is 6.55. The summed E-state index contributed by atoms with van der Waals surface area (Å²) in [7, 11) is 0. The van der Waals surface area contributed by atoms with Gasteiger partial charge in [0, 0.05) is 11.8 Å². The Balaban J connectivity index is 1.81. The molecule has 25 heavy (non-hydrogen) atoms. The number of nitrogens with zero attached hydrogens (tertiary/aromatic N) is 2. The van der Waals surface area contributed by atoms with Gasteiger partial charge in [0.2, 0.25) is 0 Å². The van der Waals surface area contributed by atoms with Crippen LogP contribution in [-0.4, -0.2) is 24.0 Å². The van der Waals surface area contributed by atoms with Crippen molar-refractivity contribution < 1.29 is 17.4 Å². The molecule has 0 radical (unpaired) electrons. The van der Waals surface area contributed by atoms with Crippen molar-refractivity contribution in [2.75, 3.05) is 0 Å². The highest BCUT2D eigenvalue weighted by atomic mass is 32.1. The summed E-state index contributed by atoms with van der Waals surface area (Å²) in [4.78, 5) is 12.6. The summed E-state index contributed by atoms with van der Waals surface area (Å²) >= 11 is 0.466. The molecule has 0 bridgehead atoms. The predicted octanol–water partition coefficient (Wildman–Crippen LogP) is 3.64. The summed E-state index contributed by atoms with van der Waals surface area (Å²) in [6.45, 7) is 0. The van der Waals surface area contributed by atoms with Gasteiger partial charge in [-0.15, -0.1) is 0 Å². The predicted molar refractivity (Wildman–Crippen MR) is 88.7 cm³/mol. The van der Waals surface area contributed by atoms with Crippen molar-refractivity contribution in [1.82, 2.24) is 15.0 Å². The number of rotatable bonds is 1. The molecule has 0 saturated carbocycles. The Labute approximate surface area is 144 Å². The van der Waals surface area contributed by atoms with E-state index in [0.29, 0.717) is 41.0 Å². The SMILES string of the molecule is O=S=C1CCC(c2nc3ccc(C(F)(F)F)cc3[nH]2)c2ncccc21. The third kappa shape index (κ3) is 2.76. The monoisotopic (exact) mass is 363 g/mol. The summed E-state index contributed by atoms with van der Waals surface area (Å²) in [5.74, 6) is 0.401. The summed E-state index contributed by atoms with van der Waals surface area (Å²) in [5.41, 5.74) is 1.65. The van der Waals surface area contributed by atoms with Crippen LogP contribution in [0.3, 0.4) is 0 Å². The zero-order chi connectivity index (χ0) is 17.6. The molecule has 1 aliphatic carbocycles. The van der Waals surface area contributed by atoms with Gasteiger partial charge in [0.15, 0.2) is 0 Å². The van der Waals surface area contributed by atoms with E-state index in [1.54, 1.807) is 12.3 Å². The van der Waals surface area contributed by atoms with Gasteiger partial charge in [-0.25, -0.2) is 9.19 Å². The van der Waals surface area contributed by atoms with Crippen LogP contribution in [0, 0.1) is 0 Å². The lowest BCUT2D eigenvalue weighted by atomic mass is 9.86. The van der Waals surface area contributed by atoms with Gasteiger partial charge in [0.05, 0.1) is 44.3 Å². The van der Waals surface area contributed by atoms with Crippen molar-refractivity contribution >= 4 is 27.2 Å². The molecule has 0 fully saturated rings. The molecule has 1 aromatic carbocycles. The van der Waals surface area contributed by atoms with E-state index in [1.165, 1.54) is 6.07 Å². The van der Waals surface area contributed by atoms with Gasteiger partial charge in [-0.1, -0.05) is 6.07 Å². The number of alkyl halides is 3. The number of pyridine rings is 1. The molecule has 0 amide bonds. The number of hydrogen-bond donors (Lipinski definition) is 1. The maximum absolute atomic E-state index is 12.9. The second kappa shape index (κ2) is 5.80. The lowest BCUT2D eigenvalue weighted by Crippen LogP contribution is -2.19. The highest BCUT2D eigenvalue weighted by molar-refractivity contribution is 7.67. The number of imidazole rings is 1. The van der Waals surface area contributed by atoms with Gasteiger partial charge in [0.25, 0.3) is 0 Å². The highest BCUT2D eigenvalue weighted by Gasteiger charge is 2.32. The molecule has 1 aliphatic rings. The zero-order valence-corrected chi connectivity index (χ0v) is 13.6. The van der Waals surface area contributed by atoms with Crippen LogP contribution in [0.5, 0.6) is 0 Å². The third-order valence-corrected chi connectivity index (χ3v) is 5.01. The van der Waals surface area contributed by atoms with Crippen LogP contribution < -0.4 is 0 Å². The molecular formula is C17H12F3N3OS. The first kappa shape index (κ1) is 16.0. The van der Waals surface area contributed by atoms with Gasteiger partial charge >= 0.3 is 6.18 Å². The molecule has 4 nitrogen and oxygen atoms in total. The highest BCUT2D eigenvalue weighted by Crippen LogP contribution is 2.36. The van der Waals surface area contributed by atoms with Crippen LogP contribution in [0.25, 0.3) is 11.0 Å². The number of hydrogen-bond acceptors (Lipinski definition) is 3. The molecule has 3 aromatic rings. The van der Waals surface area contributed by atoms with Crippen LogP contribution in [-0.2, 0) is 17.4 Å². The Kier molecular flexibility index (Phi) is 3.72. The lowest BCUT2D eigenvalue weighted by molar-refractivity contribution is -0.137. The Bertz CT molecular complexity index is 1020. The standard InChI is InChI=1S/C17H12F3N3OS/c18-17(19,20)9-3-5-12-13(8-9)23-16(22-12)11-4-6-14(25-24)10-2-1-7-21-15(10)11/h1-3,5,7-8,11H,4,6H2,(H,22,23). The molecule has 1 N–H and O–H groups in total. The molecular weight excluding hydrogens is 351 g/mol. The molecule has 4 rings (SSSR count). The lowest BCUT2D eigenvalue weighted by Gasteiger charge is -2.22. The van der Waals surface area contributed by atoms with Gasteiger partial charge < -0.3 is 4.98 Å². The molecule has 0 aliphatic heterocycles. The summed E-state index contributed by atoms with van der Waals surface area (Å²) in [6.07, 6.45) is -1.51. The van der Waals surface area contributed by atoms with Crippen molar-refractivity contribution in [1.29, 1.82) is 0 Å². The number of aromatic amines is 1.